The van der Waals surface area contributed by atoms with E-state index in [1.54, 1.807) is 0 Å². The van der Waals surface area contributed by atoms with E-state index >= 15 is 0 Å². The van der Waals surface area contributed by atoms with Gasteiger partial charge in [0.25, 0.3) is 0 Å². The van der Waals surface area contributed by atoms with Crippen molar-refractivity contribution in [3.05, 3.63) is 71.8 Å². The molecule has 2 N–H and O–H groups in total. The number of fused-ring (bicyclic) bond motifs is 1. The van der Waals surface area contributed by atoms with Gasteiger partial charge in [-0.25, -0.2) is 4.79 Å². The van der Waals surface area contributed by atoms with Crippen LogP contribution in [0, 0.1) is 0 Å². The number of hydrogen-bond acceptors (Lipinski definition) is 2. The highest BCUT2D eigenvalue weighted by molar-refractivity contribution is 6.30. The molecule has 0 radical (unpaired) electrons. The summed E-state index contributed by atoms with van der Waals surface area (Å²) in [5.41, 5.74) is 6.63. The van der Waals surface area contributed by atoms with Gasteiger partial charge in [-0.05, 0) is 93.0 Å². The number of aromatic nitrogens is 1. The summed E-state index contributed by atoms with van der Waals surface area (Å²) in [5, 5.41) is 7.96. The van der Waals surface area contributed by atoms with Crippen LogP contribution in [-0.4, -0.2) is 23.2 Å². The molecule has 2 aliphatic rings. The Balaban J connectivity index is 1.46. The largest absolute Gasteiger partial charge is 0.494 e. The zero-order valence-corrected chi connectivity index (χ0v) is 21.9. The molecule has 0 saturated heterocycles. The van der Waals surface area contributed by atoms with Gasteiger partial charge in [-0.2, -0.15) is 0 Å². The molecular formula is C31H32ClN3O2. The van der Waals surface area contributed by atoms with Crippen LogP contribution in [0.15, 0.2) is 66.7 Å². The van der Waals surface area contributed by atoms with Gasteiger partial charge >= 0.3 is 6.03 Å². The Labute approximate surface area is 222 Å². The van der Waals surface area contributed by atoms with Gasteiger partial charge in [0.15, 0.2) is 0 Å². The monoisotopic (exact) mass is 513 g/mol. The van der Waals surface area contributed by atoms with Crippen LogP contribution in [0.5, 0.6) is 5.75 Å². The number of anilines is 1. The van der Waals surface area contributed by atoms with Crippen LogP contribution < -0.4 is 15.4 Å². The number of carbonyl (C=O) groups is 1. The molecule has 1 heterocycles. The summed E-state index contributed by atoms with van der Waals surface area (Å²) in [6.45, 7) is 2.65. The summed E-state index contributed by atoms with van der Waals surface area (Å²) < 4.78 is 8.40. The van der Waals surface area contributed by atoms with Crippen LogP contribution in [0.1, 0.15) is 51.5 Å². The Morgan fingerprint density at radius 3 is 2.27 bits per heavy atom. The van der Waals surface area contributed by atoms with E-state index < -0.39 is 0 Å². The number of ether oxygens (including phenoxy) is 1. The summed E-state index contributed by atoms with van der Waals surface area (Å²) in [7, 11) is 0. The number of rotatable bonds is 7. The molecule has 0 unspecified atom stereocenters. The lowest BCUT2D eigenvalue weighted by Crippen LogP contribution is -2.41. The Bertz CT molecular complexity index is 1420. The van der Waals surface area contributed by atoms with Crippen molar-refractivity contribution in [2.45, 2.75) is 57.5 Å². The standard InChI is InChI=1S/C31H32ClN3O2/c1-2-37-26-17-18-27-28(19-26)35(25-7-4-8-25)30(29(27)20-9-13-22(32)14-10-20)21-11-15-24(16-12-21)34-31(36)33-23-5-3-6-23/h9-19,23,25H,2-8H2,1H3,(H2,33,34,36). The van der Waals surface area contributed by atoms with Crippen LogP contribution in [-0.2, 0) is 0 Å². The topological polar surface area (TPSA) is 55.3 Å². The summed E-state index contributed by atoms with van der Waals surface area (Å²) in [4.78, 5) is 12.4. The van der Waals surface area contributed by atoms with Crippen LogP contribution >= 0.6 is 11.6 Å². The van der Waals surface area contributed by atoms with Crippen molar-refractivity contribution in [2.24, 2.45) is 0 Å². The number of hydrogen-bond donors (Lipinski definition) is 2. The van der Waals surface area contributed by atoms with Crippen LogP contribution in [0.2, 0.25) is 5.02 Å². The molecule has 6 heteroatoms. The zero-order valence-electron chi connectivity index (χ0n) is 21.1. The second-order valence-electron chi connectivity index (χ2n) is 10.1. The first-order valence-electron chi connectivity index (χ1n) is 13.4. The molecule has 0 atom stereocenters. The third-order valence-electron chi connectivity index (χ3n) is 7.72. The van der Waals surface area contributed by atoms with Crippen LogP contribution in [0.3, 0.4) is 0 Å². The van der Waals surface area contributed by atoms with Crippen molar-refractivity contribution in [3.8, 4) is 28.1 Å². The lowest BCUT2D eigenvalue weighted by molar-refractivity contribution is 0.240. The molecule has 4 aromatic rings. The molecule has 1 aromatic heterocycles. The number of nitrogens with one attached hydrogen (secondary N) is 2. The lowest BCUT2D eigenvalue weighted by atomic mass is 9.91. The molecule has 0 spiro atoms. The van der Waals surface area contributed by atoms with E-state index in [0.29, 0.717) is 18.7 Å². The Morgan fingerprint density at radius 2 is 1.65 bits per heavy atom. The van der Waals surface area contributed by atoms with Crippen molar-refractivity contribution in [2.75, 3.05) is 11.9 Å². The maximum absolute atomic E-state index is 12.4. The zero-order chi connectivity index (χ0) is 25.4. The minimum Gasteiger partial charge on any atom is -0.494 e. The molecule has 2 fully saturated rings. The van der Waals surface area contributed by atoms with Crippen molar-refractivity contribution in [3.63, 3.8) is 0 Å². The molecule has 37 heavy (non-hydrogen) atoms. The number of halogens is 1. The summed E-state index contributed by atoms with van der Waals surface area (Å²) >= 11 is 6.26. The number of benzene rings is 3. The van der Waals surface area contributed by atoms with Crippen molar-refractivity contribution in [1.29, 1.82) is 0 Å². The predicted octanol–water partition coefficient (Wildman–Crippen LogP) is 8.43. The van der Waals surface area contributed by atoms with E-state index in [2.05, 4.69) is 57.7 Å². The average Bonchev–Trinajstić information content (AvgIpc) is 3.16. The number of amides is 2. The van der Waals surface area contributed by atoms with Crippen LogP contribution in [0.4, 0.5) is 10.5 Å². The quantitative estimate of drug-likeness (QED) is 0.260. The van der Waals surface area contributed by atoms with Crippen molar-refractivity contribution < 1.29 is 9.53 Å². The second kappa shape index (κ2) is 10.1. The molecule has 2 aliphatic carbocycles. The van der Waals surface area contributed by atoms with E-state index in [4.69, 9.17) is 16.3 Å². The molecular weight excluding hydrogens is 482 g/mol. The van der Waals surface area contributed by atoms with Crippen molar-refractivity contribution in [1.82, 2.24) is 9.88 Å². The van der Waals surface area contributed by atoms with Gasteiger partial charge in [0.05, 0.1) is 17.8 Å². The number of nitrogens with zero attached hydrogens (tertiary/aromatic N) is 1. The Kier molecular flexibility index (Phi) is 6.56. The summed E-state index contributed by atoms with van der Waals surface area (Å²) in [5.74, 6) is 0.888. The predicted molar refractivity (Wildman–Crippen MR) is 152 cm³/mol. The lowest BCUT2D eigenvalue weighted by Gasteiger charge is -2.30. The number of carbonyl (C=O) groups excluding carboxylic acids is 1. The van der Waals surface area contributed by atoms with E-state index in [1.807, 2.05) is 31.2 Å². The highest BCUT2D eigenvalue weighted by Gasteiger charge is 2.28. The highest BCUT2D eigenvalue weighted by Crippen LogP contribution is 2.47. The minimum absolute atomic E-state index is 0.133. The first-order chi connectivity index (χ1) is 18.1. The van der Waals surface area contributed by atoms with Crippen LogP contribution in [0.25, 0.3) is 33.3 Å². The molecule has 190 valence electrons. The molecule has 2 saturated carbocycles. The molecule has 0 bridgehead atoms. The molecule has 6 rings (SSSR count). The maximum atomic E-state index is 12.4. The third-order valence-corrected chi connectivity index (χ3v) is 7.97. The van der Waals surface area contributed by atoms with Crippen molar-refractivity contribution >= 4 is 34.2 Å². The van der Waals surface area contributed by atoms with Gasteiger partial charge < -0.3 is 19.9 Å². The van der Waals surface area contributed by atoms with Gasteiger partial charge in [0.1, 0.15) is 5.75 Å². The smallest absolute Gasteiger partial charge is 0.319 e. The molecule has 5 nitrogen and oxygen atoms in total. The molecule has 2 amide bonds. The fraction of sp³-hybridized carbons (Fsp3) is 0.323. The van der Waals surface area contributed by atoms with E-state index in [9.17, 15) is 4.79 Å². The van der Waals surface area contributed by atoms with E-state index in [-0.39, 0.29) is 6.03 Å². The maximum Gasteiger partial charge on any atom is 0.319 e. The fourth-order valence-corrected chi connectivity index (χ4v) is 5.51. The molecule has 0 aliphatic heterocycles. The van der Waals surface area contributed by atoms with Gasteiger partial charge in [0.2, 0.25) is 0 Å². The average molecular weight is 514 g/mol. The summed E-state index contributed by atoms with van der Waals surface area (Å²) in [6.07, 6.45) is 6.89. The third kappa shape index (κ3) is 4.69. The molecule has 3 aromatic carbocycles. The highest BCUT2D eigenvalue weighted by atomic mass is 35.5. The Hall–Kier alpha value is -3.44. The second-order valence-corrected chi connectivity index (χ2v) is 10.5. The Morgan fingerprint density at radius 1 is 0.946 bits per heavy atom. The van der Waals surface area contributed by atoms with E-state index in [1.165, 1.54) is 35.0 Å². The first kappa shape index (κ1) is 23.9. The minimum atomic E-state index is -0.133. The van der Waals surface area contributed by atoms with Gasteiger partial charge in [-0.1, -0.05) is 35.9 Å². The van der Waals surface area contributed by atoms with Gasteiger partial charge in [-0.15, -0.1) is 0 Å². The van der Waals surface area contributed by atoms with Gasteiger partial charge in [-0.3, -0.25) is 0 Å². The first-order valence-corrected chi connectivity index (χ1v) is 13.7. The number of urea groups is 1. The normalized spacial score (nSPS) is 15.7. The summed E-state index contributed by atoms with van der Waals surface area (Å²) in [6, 6.07) is 23.4. The fourth-order valence-electron chi connectivity index (χ4n) is 5.38. The van der Waals surface area contributed by atoms with Gasteiger partial charge in [0, 0.05) is 39.8 Å². The van der Waals surface area contributed by atoms with E-state index in [0.717, 1.165) is 53.3 Å². The SMILES string of the molecule is CCOc1ccc2c(-c3ccc(Cl)cc3)c(-c3ccc(NC(=O)NC4CCC4)cc3)n(C3CCC3)c2c1.